The minimum atomic E-state index is -3.77. The average Bonchev–Trinajstić information content (AvgIpc) is 2.73. The fraction of sp³-hybridized carbons (Fsp3) is 0.381. The third kappa shape index (κ3) is 5.29. The molecule has 2 aromatic carbocycles. The molecule has 0 saturated carbocycles. The number of piperidine rings is 1. The van der Waals surface area contributed by atoms with Crippen LogP contribution < -0.4 is 10.1 Å². The smallest absolute Gasteiger partial charge is 0.243 e. The summed E-state index contributed by atoms with van der Waals surface area (Å²) >= 11 is 5.87. The summed E-state index contributed by atoms with van der Waals surface area (Å²) in [6.07, 6.45) is 2.05. The van der Waals surface area contributed by atoms with Gasteiger partial charge in [0.1, 0.15) is 11.8 Å². The van der Waals surface area contributed by atoms with E-state index in [2.05, 4.69) is 5.32 Å². The van der Waals surface area contributed by atoms with Gasteiger partial charge in [-0.25, -0.2) is 8.42 Å². The number of carbonyl (C=O) groups is 1. The number of hydrogen-bond donors (Lipinski definition) is 1. The second-order valence-electron chi connectivity index (χ2n) is 6.88. The summed E-state index contributed by atoms with van der Waals surface area (Å²) in [7, 11) is -3.77. The Hall–Kier alpha value is -2.09. The number of ether oxygens (including phenoxy) is 1. The maximum absolute atomic E-state index is 13.1. The quantitative estimate of drug-likeness (QED) is 0.719. The molecule has 29 heavy (non-hydrogen) atoms. The Morgan fingerprint density at radius 3 is 2.48 bits per heavy atom. The van der Waals surface area contributed by atoms with E-state index in [1.807, 2.05) is 31.2 Å². The first kappa shape index (κ1) is 21.6. The van der Waals surface area contributed by atoms with Gasteiger partial charge in [0.2, 0.25) is 15.9 Å². The molecular formula is C21H25ClN2O4S. The lowest BCUT2D eigenvalue weighted by Gasteiger charge is -2.33. The van der Waals surface area contributed by atoms with Crippen molar-refractivity contribution in [1.82, 2.24) is 9.62 Å². The van der Waals surface area contributed by atoms with Gasteiger partial charge in [0, 0.05) is 18.1 Å². The van der Waals surface area contributed by atoms with Crippen LogP contribution in [-0.2, 0) is 21.4 Å². The minimum Gasteiger partial charge on any atom is -0.494 e. The Balaban J connectivity index is 1.70. The van der Waals surface area contributed by atoms with E-state index in [4.69, 9.17) is 16.3 Å². The van der Waals surface area contributed by atoms with Crippen LogP contribution in [0.1, 0.15) is 31.7 Å². The zero-order valence-electron chi connectivity index (χ0n) is 16.3. The van der Waals surface area contributed by atoms with E-state index in [1.54, 1.807) is 12.1 Å². The Bertz CT molecular complexity index is 930. The summed E-state index contributed by atoms with van der Waals surface area (Å²) in [6.45, 7) is 3.17. The molecule has 1 fully saturated rings. The summed E-state index contributed by atoms with van der Waals surface area (Å²) in [5.41, 5.74) is 0.921. The van der Waals surface area contributed by atoms with Crippen molar-refractivity contribution in [3.05, 3.63) is 59.1 Å². The molecule has 0 aliphatic carbocycles. The molecule has 1 aliphatic heterocycles. The normalized spacial score (nSPS) is 17.7. The molecular weight excluding hydrogens is 412 g/mol. The summed E-state index contributed by atoms with van der Waals surface area (Å²) in [6, 6.07) is 12.8. The number of nitrogens with zero attached hydrogens (tertiary/aromatic N) is 1. The first-order valence-corrected chi connectivity index (χ1v) is 11.5. The van der Waals surface area contributed by atoms with Gasteiger partial charge in [-0.2, -0.15) is 4.31 Å². The fourth-order valence-corrected chi connectivity index (χ4v) is 5.16. The van der Waals surface area contributed by atoms with Gasteiger partial charge in [0.15, 0.2) is 0 Å². The molecule has 6 nitrogen and oxygen atoms in total. The second-order valence-corrected chi connectivity index (χ2v) is 9.20. The second kappa shape index (κ2) is 9.61. The summed E-state index contributed by atoms with van der Waals surface area (Å²) in [5.74, 6) is 0.492. The monoisotopic (exact) mass is 436 g/mol. The molecule has 1 heterocycles. The van der Waals surface area contributed by atoms with Crippen molar-refractivity contribution in [2.75, 3.05) is 13.2 Å². The van der Waals surface area contributed by atoms with Gasteiger partial charge in [0.25, 0.3) is 0 Å². The number of rotatable bonds is 7. The molecule has 3 rings (SSSR count). The lowest BCUT2D eigenvalue weighted by atomic mass is 10.0. The van der Waals surface area contributed by atoms with Crippen LogP contribution in [0.5, 0.6) is 5.75 Å². The number of halogens is 1. The lowest BCUT2D eigenvalue weighted by Crippen LogP contribution is -2.51. The molecule has 1 atom stereocenters. The van der Waals surface area contributed by atoms with Crippen LogP contribution in [0.3, 0.4) is 0 Å². The first-order valence-electron chi connectivity index (χ1n) is 9.68. The molecule has 156 valence electrons. The highest BCUT2D eigenvalue weighted by atomic mass is 35.5. The molecule has 1 N–H and O–H groups in total. The van der Waals surface area contributed by atoms with E-state index in [1.165, 1.54) is 16.4 Å². The molecule has 0 radical (unpaired) electrons. The maximum atomic E-state index is 13.1. The van der Waals surface area contributed by atoms with Crippen molar-refractivity contribution in [3.63, 3.8) is 0 Å². The number of benzene rings is 2. The van der Waals surface area contributed by atoms with Crippen molar-refractivity contribution in [1.29, 1.82) is 0 Å². The highest BCUT2D eigenvalue weighted by Crippen LogP contribution is 2.26. The molecule has 0 aromatic heterocycles. The molecule has 0 bridgehead atoms. The summed E-state index contributed by atoms with van der Waals surface area (Å²) in [4.78, 5) is 13.0. The lowest BCUT2D eigenvalue weighted by molar-refractivity contribution is -0.125. The van der Waals surface area contributed by atoms with E-state index >= 15 is 0 Å². The van der Waals surface area contributed by atoms with Crippen LogP contribution in [0, 0.1) is 0 Å². The topological polar surface area (TPSA) is 75.7 Å². The third-order valence-electron chi connectivity index (χ3n) is 4.88. The molecule has 1 aliphatic rings. The average molecular weight is 437 g/mol. The van der Waals surface area contributed by atoms with Crippen LogP contribution in [0.4, 0.5) is 0 Å². The number of hydrogen-bond acceptors (Lipinski definition) is 4. The Kier molecular flexibility index (Phi) is 7.16. The van der Waals surface area contributed by atoms with Crippen molar-refractivity contribution in [3.8, 4) is 5.75 Å². The van der Waals surface area contributed by atoms with Crippen molar-refractivity contribution >= 4 is 27.5 Å². The molecule has 1 saturated heterocycles. The van der Waals surface area contributed by atoms with Gasteiger partial charge >= 0.3 is 0 Å². The van der Waals surface area contributed by atoms with E-state index < -0.39 is 16.1 Å². The SMILES string of the molecule is CCOc1ccc(CNC(=O)[C@H]2CCCCN2S(=O)(=O)c2ccc(Cl)cc2)cc1. The zero-order chi connectivity index (χ0) is 20.9. The van der Waals surface area contributed by atoms with Gasteiger partial charge in [-0.1, -0.05) is 30.2 Å². The number of nitrogens with one attached hydrogen (secondary N) is 1. The van der Waals surface area contributed by atoms with Gasteiger partial charge in [0.05, 0.1) is 11.5 Å². The van der Waals surface area contributed by atoms with Gasteiger partial charge in [-0.05, 0) is 61.7 Å². The van der Waals surface area contributed by atoms with Crippen LogP contribution in [-0.4, -0.2) is 37.8 Å². The zero-order valence-corrected chi connectivity index (χ0v) is 17.9. The highest BCUT2D eigenvalue weighted by Gasteiger charge is 2.37. The fourth-order valence-electron chi connectivity index (χ4n) is 3.37. The Morgan fingerprint density at radius 1 is 1.14 bits per heavy atom. The number of amides is 1. The molecule has 0 spiro atoms. The van der Waals surface area contributed by atoms with Crippen LogP contribution in [0.25, 0.3) is 0 Å². The molecule has 8 heteroatoms. The largest absolute Gasteiger partial charge is 0.494 e. The van der Waals surface area contributed by atoms with Gasteiger partial charge in [-0.3, -0.25) is 4.79 Å². The third-order valence-corrected chi connectivity index (χ3v) is 7.05. The first-order chi connectivity index (χ1) is 13.9. The van der Waals surface area contributed by atoms with Gasteiger partial charge in [-0.15, -0.1) is 0 Å². The summed E-state index contributed by atoms with van der Waals surface area (Å²) < 4.78 is 32.9. The molecule has 2 aromatic rings. The van der Waals surface area contributed by atoms with Gasteiger partial charge < -0.3 is 10.1 Å². The molecule has 1 amide bonds. The standard InChI is InChI=1S/C21H25ClN2O4S/c1-2-28-18-10-6-16(7-11-18)15-23-21(25)20-5-3-4-14-24(20)29(26,27)19-12-8-17(22)9-13-19/h6-13,20H,2-5,14-15H2,1H3,(H,23,25)/t20-/m1/s1. The predicted molar refractivity (Wildman–Crippen MR) is 112 cm³/mol. The van der Waals surface area contributed by atoms with Crippen molar-refractivity contribution < 1.29 is 17.9 Å². The predicted octanol–water partition coefficient (Wildman–Crippen LogP) is 3.60. The Morgan fingerprint density at radius 2 is 1.83 bits per heavy atom. The molecule has 0 unspecified atom stereocenters. The van der Waals surface area contributed by atoms with E-state index in [9.17, 15) is 13.2 Å². The number of carbonyl (C=O) groups excluding carboxylic acids is 1. The van der Waals surface area contributed by atoms with Crippen LogP contribution in [0.2, 0.25) is 5.02 Å². The van der Waals surface area contributed by atoms with Crippen LogP contribution in [0.15, 0.2) is 53.4 Å². The van der Waals surface area contributed by atoms with Crippen molar-refractivity contribution in [2.45, 2.75) is 43.7 Å². The maximum Gasteiger partial charge on any atom is 0.243 e. The number of sulfonamides is 1. The Labute approximate surface area is 176 Å². The van der Waals surface area contributed by atoms with Crippen molar-refractivity contribution in [2.24, 2.45) is 0 Å². The summed E-state index contributed by atoms with van der Waals surface area (Å²) in [5, 5.41) is 3.34. The van der Waals surface area contributed by atoms with E-state index in [-0.39, 0.29) is 10.8 Å². The highest BCUT2D eigenvalue weighted by molar-refractivity contribution is 7.89. The van der Waals surface area contributed by atoms with E-state index in [0.717, 1.165) is 24.2 Å². The van der Waals surface area contributed by atoms with E-state index in [0.29, 0.717) is 31.1 Å². The van der Waals surface area contributed by atoms with Crippen LogP contribution >= 0.6 is 11.6 Å². The minimum absolute atomic E-state index is 0.146.